The molecule has 3 aromatic heterocycles. The summed E-state index contributed by atoms with van der Waals surface area (Å²) in [5.74, 6) is -2.03. The van der Waals surface area contributed by atoms with Crippen LogP contribution in [0.3, 0.4) is 0 Å². The zero-order valence-corrected chi connectivity index (χ0v) is 40.2. The van der Waals surface area contributed by atoms with Gasteiger partial charge in [0.2, 0.25) is 5.88 Å². The van der Waals surface area contributed by atoms with E-state index in [2.05, 4.69) is 20.4 Å². The van der Waals surface area contributed by atoms with E-state index in [1.54, 1.807) is 128 Å². The highest BCUT2D eigenvalue weighted by Gasteiger charge is 2.55. The van der Waals surface area contributed by atoms with Crippen LogP contribution in [-0.2, 0) is 30.5 Å². The minimum absolute atomic E-state index is 0.00403. The van der Waals surface area contributed by atoms with E-state index in [0.717, 1.165) is 13.0 Å². The van der Waals surface area contributed by atoms with Gasteiger partial charge < -0.3 is 34.1 Å². The van der Waals surface area contributed by atoms with Gasteiger partial charge in [-0.1, -0.05) is 30.3 Å². The number of amides is 2. The normalized spacial score (nSPS) is 18.6. The number of methoxy groups -OCH3 is 2. The van der Waals surface area contributed by atoms with E-state index in [1.807, 2.05) is 0 Å². The third kappa shape index (κ3) is 9.60. The van der Waals surface area contributed by atoms with E-state index in [1.165, 1.54) is 18.9 Å². The Morgan fingerprint density at radius 3 is 2.17 bits per heavy atom. The predicted molar refractivity (Wildman–Crippen MR) is 254 cm³/mol. The van der Waals surface area contributed by atoms with Crippen LogP contribution in [0.2, 0.25) is 0 Å². The lowest BCUT2D eigenvalue weighted by atomic mass is 9.94. The Morgan fingerprint density at radius 1 is 0.915 bits per heavy atom. The van der Waals surface area contributed by atoms with E-state index in [0.29, 0.717) is 47.0 Å². The number of aromatic nitrogens is 4. The van der Waals surface area contributed by atoms with Gasteiger partial charge in [0.1, 0.15) is 40.3 Å². The van der Waals surface area contributed by atoms with Crippen molar-refractivity contribution in [3.63, 3.8) is 0 Å². The highest BCUT2D eigenvalue weighted by Crippen LogP contribution is 2.48. The Balaban J connectivity index is 1.20. The minimum atomic E-state index is -5.22. The fourth-order valence-electron chi connectivity index (χ4n) is 9.86. The number of carbonyl (C=O) groups excluding carboxylic acids is 2. The van der Waals surface area contributed by atoms with Crippen LogP contribution in [0.4, 0.5) is 38.1 Å². The van der Waals surface area contributed by atoms with Gasteiger partial charge in [0.25, 0.3) is 5.91 Å². The largest absolute Gasteiger partial charge is 0.497 e. The summed E-state index contributed by atoms with van der Waals surface area (Å²) < 4.78 is 106. The molecule has 19 heteroatoms. The summed E-state index contributed by atoms with van der Waals surface area (Å²) >= 11 is 0. The number of alkyl halides is 3. The van der Waals surface area contributed by atoms with Crippen molar-refractivity contribution >= 4 is 23.4 Å². The molecule has 2 bridgehead atoms. The number of nitrogens with zero attached hydrogens (tertiary/aromatic N) is 7. The number of anilines is 2. The second-order valence-corrected chi connectivity index (χ2v) is 18.9. The summed E-state index contributed by atoms with van der Waals surface area (Å²) in [6.45, 7) is 7.77. The molecule has 6 heterocycles. The molecule has 6 aromatic rings. The quantitative estimate of drug-likeness (QED) is 0.117. The molecule has 0 unspecified atom stereocenters. The molecule has 4 atom stereocenters. The minimum Gasteiger partial charge on any atom is -0.497 e. The van der Waals surface area contributed by atoms with E-state index in [4.69, 9.17) is 18.9 Å². The Hall–Kier alpha value is -7.44. The van der Waals surface area contributed by atoms with Gasteiger partial charge in [-0.2, -0.15) is 18.3 Å². The third-order valence-electron chi connectivity index (χ3n) is 13.1. The standard InChI is InChI=1S/C52H53F5N8O6/c1-29-42(52(55,56)57)37(24-39(43(29)53)62(26-31-11-16-35(68-6)17-12-31)27-32-13-18-36(69-7)19-14-32)45-44(54)46(59-25-33-21-23-64(61-33)40-10-8-9-22-58-40)41-48(60-45)70-30(2)47-38-20-15-34(28-63(47)49(41)66)65(38)50(67)71-51(3,4)5/h8-14,16-19,21-24,30,34,38,47H,15,20,25-28H2,1-7H3,(H,59,60)/t30-,34+,38-,47+/m0/s1. The van der Waals surface area contributed by atoms with Crippen LogP contribution in [0, 0.1) is 18.6 Å². The number of benzene rings is 3. The van der Waals surface area contributed by atoms with Gasteiger partial charge in [-0.3, -0.25) is 9.69 Å². The van der Waals surface area contributed by atoms with Crippen molar-refractivity contribution in [2.24, 2.45) is 0 Å². The molecule has 372 valence electrons. The molecule has 2 amide bonds. The van der Waals surface area contributed by atoms with Crippen molar-refractivity contribution in [1.82, 2.24) is 29.5 Å². The summed E-state index contributed by atoms with van der Waals surface area (Å²) in [4.78, 5) is 42.4. The third-order valence-corrected chi connectivity index (χ3v) is 13.1. The number of ether oxygens (including phenoxy) is 4. The molecule has 9 rings (SSSR count). The molecular formula is C52H53F5N8O6. The molecule has 1 N–H and O–H groups in total. The van der Waals surface area contributed by atoms with Crippen LogP contribution in [0.5, 0.6) is 17.4 Å². The summed E-state index contributed by atoms with van der Waals surface area (Å²) in [6, 6.07) is 19.9. The lowest BCUT2D eigenvalue weighted by Crippen LogP contribution is -2.65. The first kappa shape index (κ1) is 48.6. The molecule has 2 saturated heterocycles. The maximum absolute atomic E-state index is 18.1. The van der Waals surface area contributed by atoms with Crippen LogP contribution >= 0.6 is 0 Å². The van der Waals surface area contributed by atoms with Gasteiger partial charge in [0.05, 0.1) is 61.5 Å². The van der Waals surface area contributed by atoms with Crippen molar-refractivity contribution in [1.29, 1.82) is 0 Å². The van der Waals surface area contributed by atoms with Gasteiger partial charge in [-0.15, -0.1) is 0 Å². The number of piperazine rings is 1. The molecule has 3 aliphatic heterocycles. The Morgan fingerprint density at radius 2 is 1.58 bits per heavy atom. The predicted octanol–water partition coefficient (Wildman–Crippen LogP) is 10.1. The summed E-state index contributed by atoms with van der Waals surface area (Å²) in [5.41, 5.74) is -4.14. The molecule has 2 fully saturated rings. The van der Waals surface area contributed by atoms with Gasteiger partial charge >= 0.3 is 12.3 Å². The maximum atomic E-state index is 18.1. The van der Waals surface area contributed by atoms with Crippen molar-refractivity contribution < 1.29 is 50.5 Å². The van der Waals surface area contributed by atoms with E-state index in [9.17, 15) is 4.79 Å². The maximum Gasteiger partial charge on any atom is 0.417 e. The van der Waals surface area contributed by atoms with E-state index < -0.39 is 93.6 Å². The molecule has 71 heavy (non-hydrogen) atoms. The van der Waals surface area contributed by atoms with Crippen molar-refractivity contribution in [3.8, 4) is 34.5 Å². The zero-order chi connectivity index (χ0) is 50.5. The van der Waals surface area contributed by atoms with Gasteiger partial charge in [0.15, 0.2) is 11.6 Å². The molecule has 3 aromatic carbocycles. The van der Waals surface area contributed by atoms with Crippen LogP contribution in [0.25, 0.3) is 17.1 Å². The van der Waals surface area contributed by atoms with Gasteiger partial charge in [-0.25, -0.2) is 28.2 Å². The number of nitrogens with one attached hydrogen (secondary N) is 1. The first-order valence-corrected chi connectivity index (χ1v) is 23.2. The Kier molecular flexibility index (Phi) is 13.0. The highest BCUT2D eigenvalue weighted by atomic mass is 19.4. The number of hydrogen-bond acceptors (Lipinski definition) is 11. The number of pyridine rings is 2. The molecule has 14 nitrogen and oxygen atoms in total. The van der Waals surface area contributed by atoms with E-state index >= 15 is 26.7 Å². The second-order valence-electron chi connectivity index (χ2n) is 18.9. The number of hydrogen-bond donors (Lipinski definition) is 1. The summed E-state index contributed by atoms with van der Waals surface area (Å²) in [5, 5.41) is 7.55. The molecule has 0 saturated carbocycles. The first-order chi connectivity index (χ1) is 33.8. The zero-order valence-electron chi connectivity index (χ0n) is 40.2. The summed E-state index contributed by atoms with van der Waals surface area (Å²) in [7, 11) is 3.02. The van der Waals surface area contributed by atoms with Crippen LogP contribution in [-0.4, -0.2) is 92.1 Å². The fourth-order valence-corrected chi connectivity index (χ4v) is 9.86. The Labute approximate surface area is 407 Å². The SMILES string of the molecule is COc1ccc(CN(Cc2ccc(OC)cc2)c2cc(-c3nc4c(c(NCc5ccn(-c6ccccn6)n5)c3F)C(=O)N3C[C@H]5CC[C@@H]([C@H]3[C@H](C)O4)N5C(=O)OC(C)(C)C)c(C(F)(F)F)c(C)c2F)cc1. The lowest BCUT2D eigenvalue weighted by Gasteiger charge is -2.47. The van der Waals surface area contributed by atoms with Crippen molar-refractivity contribution in [2.45, 2.75) is 103 Å². The molecule has 0 spiro atoms. The number of fused-ring (bicyclic) bond motifs is 5. The number of halogens is 5. The number of carbonyl (C=O) groups is 2. The molecule has 0 aliphatic carbocycles. The Bertz CT molecular complexity index is 2900. The topological polar surface area (TPSA) is 136 Å². The average Bonchev–Trinajstić information content (AvgIpc) is 3.91. The number of rotatable bonds is 12. The molecule has 0 radical (unpaired) electrons. The average molecular weight is 981 g/mol. The van der Waals surface area contributed by atoms with Gasteiger partial charge in [0, 0.05) is 37.6 Å². The molecule has 3 aliphatic rings. The lowest BCUT2D eigenvalue weighted by molar-refractivity contribution is -0.137. The van der Waals surface area contributed by atoms with Gasteiger partial charge in [-0.05, 0) is 113 Å². The van der Waals surface area contributed by atoms with Crippen molar-refractivity contribution in [2.75, 3.05) is 31.0 Å². The van der Waals surface area contributed by atoms with Crippen LogP contribution in [0.15, 0.2) is 91.3 Å². The summed E-state index contributed by atoms with van der Waals surface area (Å²) in [6.07, 6.45) is -2.42. The second kappa shape index (κ2) is 19.0. The highest BCUT2D eigenvalue weighted by molar-refractivity contribution is 6.03. The first-order valence-electron chi connectivity index (χ1n) is 23.2. The molecular weight excluding hydrogens is 928 g/mol. The smallest absolute Gasteiger partial charge is 0.417 e. The fraction of sp³-hybridized carbons (Fsp3) is 0.365. The van der Waals surface area contributed by atoms with Crippen LogP contribution < -0.4 is 24.4 Å². The monoisotopic (exact) mass is 980 g/mol. The van der Waals surface area contributed by atoms with Crippen LogP contribution in [0.1, 0.15) is 78.8 Å². The van der Waals surface area contributed by atoms with E-state index in [-0.39, 0.29) is 37.4 Å². The van der Waals surface area contributed by atoms with Crippen molar-refractivity contribution in [3.05, 3.63) is 136 Å².